The fourth-order valence-corrected chi connectivity index (χ4v) is 6.21. The number of carbonyl (C=O) groups is 1. The molecular formula is C23H24N6O2S2. The molecule has 4 aromatic heterocycles. The number of thiazole rings is 2. The molecule has 0 bridgehead atoms. The Bertz CT molecular complexity index is 1360. The molecule has 0 aromatic carbocycles. The number of amides is 1. The van der Waals surface area contributed by atoms with Crippen molar-refractivity contribution >= 4 is 44.1 Å². The molecule has 0 saturated carbocycles. The number of rotatable bonds is 2. The number of fused-ring (bicyclic) bond motifs is 2. The van der Waals surface area contributed by atoms with Crippen molar-refractivity contribution in [1.82, 2.24) is 24.3 Å². The maximum Gasteiger partial charge on any atom is 0.410 e. The van der Waals surface area contributed by atoms with Crippen LogP contribution in [0.25, 0.3) is 25.9 Å². The first-order valence-electron chi connectivity index (χ1n) is 10.9. The van der Waals surface area contributed by atoms with Crippen LogP contribution in [0.2, 0.25) is 0 Å². The Morgan fingerprint density at radius 1 is 1.15 bits per heavy atom. The number of likely N-dealkylation sites (tertiary alicyclic amines) is 1. The predicted octanol–water partition coefficient (Wildman–Crippen LogP) is 5.36. The van der Waals surface area contributed by atoms with Gasteiger partial charge < -0.3 is 14.0 Å². The van der Waals surface area contributed by atoms with Crippen molar-refractivity contribution in [3.8, 4) is 16.6 Å². The summed E-state index contributed by atoms with van der Waals surface area (Å²) in [4.78, 5) is 30.1. The second-order valence-electron chi connectivity index (χ2n) is 9.29. The van der Waals surface area contributed by atoms with Gasteiger partial charge in [0.2, 0.25) is 0 Å². The van der Waals surface area contributed by atoms with Crippen LogP contribution in [0.5, 0.6) is 0 Å². The molecule has 1 aliphatic rings. The molecule has 1 fully saturated rings. The summed E-state index contributed by atoms with van der Waals surface area (Å²) in [7, 11) is 0. The summed E-state index contributed by atoms with van der Waals surface area (Å²) in [6.45, 7) is 8.92. The van der Waals surface area contributed by atoms with Crippen molar-refractivity contribution in [2.24, 2.45) is 0 Å². The maximum absolute atomic E-state index is 12.3. The van der Waals surface area contributed by atoms with Gasteiger partial charge >= 0.3 is 6.09 Å². The van der Waals surface area contributed by atoms with E-state index in [2.05, 4.69) is 11.1 Å². The molecular weight excluding hydrogens is 456 g/mol. The second-order valence-corrected chi connectivity index (χ2v) is 11.3. The van der Waals surface area contributed by atoms with Gasteiger partial charge in [-0.05, 0) is 46.6 Å². The van der Waals surface area contributed by atoms with E-state index in [9.17, 15) is 10.1 Å². The quantitative estimate of drug-likeness (QED) is 0.383. The summed E-state index contributed by atoms with van der Waals surface area (Å²) in [5.74, 6) is 0.328. The number of pyridine rings is 1. The SMILES string of the molecule is Cc1cn2cc(-c3nc4sc(C5CCN(C(=O)OC(C)(C)C)CC5)nc4s3)cc(C#N)c2n1. The van der Waals surface area contributed by atoms with E-state index in [-0.39, 0.29) is 6.09 Å². The van der Waals surface area contributed by atoms with Crippen LogP contribution in [0.4, 0.5) is 4.79 Å². The van der Waals surface area contributed by atoms with E-state index in [0.29, 0.717) is 30.2 Å². The minimum absolute atomic E-state index is 0.242. The normalized spacial score (nSPS) is 15.3. The van der Waals surface area contributed by atoms with Gasteiger partial charge in [-0.1, -0.05) is 22.7 Å². The van der Waals surface area contributed by atoms with Gasteiger partial charge in [0.15, 0.2) is 15.3 Å². The van der Waals surface area contributed by atoms with Gasteiger partial charge in [-0.15, -0.1) is 0 Å². The molecule has 10 heteroatoms. The Balaban J connectivity index is 1.33. The number of carbonyl (C=O) groups excluding carboxylic acids is 1. The minimum Gasteiger partial charge on any atom is -0.444 e. The van der Waals surface area contributed by atoms with E-state index in [0.717, 1.165) is 43.8 Å². The largest absolute Gasteiger partial charge is 0.444 e. The molecule has 0 unspecified atom stereocenters. The van der Waals surface area contributed by atoms with Crippen molar-refractivity contribution in [3.63, 3.8) is 0 Å². The van der Waals surface area contributed by atoms with Gasteiger partial charge in [-0.3, -0.25) is 0 Å². The molecule has 5 heterocycles. The number of hydrogen-bond acceptors (Lipinski definition) is 8. The van der Waals surface area contributed by atoms with Crippen LogP contribution in [0.1, 0.15) is 55.8 Å². The van der Waals surface area contributed by atoms with Crippen molar-refractivity contribution in [2.75, 3.05) is 13.1 Å². The highest BCUT2D eigenvalue weighted by Gasteiger charge is 2.29. The van der Waals surface area contributed by atoms with Crippen LogP contribution in [-0.4, -0.2) is 49.0 Å². The molecule has 1 saturated heterocycles. The predicted molar refractivity (Wildman–Crippen MR) is 129 cm³/mol. The molecule has 1 aliphatic heterocycles. The number of nitriles is 1. The molecule has 1 amide bonds. The molecule has 0 radical (unpaired) electrons. The Hall–Kier alpha value is -3.03. The summed E-state index contributed by atoms with van der Waals surface area (Å²) >= 11 is 3.17. The maximum atomic E-state index is 12.3. The molecule has 0 N–H and O–H groups in total. The molecule has 4 aromatic rings. The number of hydrogen-bond donors (Lipinski definition) is 0. The summed E-state index contributed by atoms with van der Waals surface area (Å²) in [6.07, 6.45) is 5.38. The van der Waals surface area contributed by atoms with Gasteiger partial charge in [-0.2, -0.15) is 5.26 Å². The first-order valence-corrected chi connectivity index (χ1v) is 12.5. The molecule has 8 nitrogen and oxygen atoms in total. The summed E-state index contributed by atoms with van der Waals surface area (Å²) in [5, 5.41) is 11.5. The van der Waals surface area contributed by atoms with Crippen LogP contribution in [0, 0.1) is 18.3 Å². The van der Waals surface area contributed by atoms with Crippen molar-refractivity contribution in [3.05, 3.63) is 34.7 Å². The van der Waals surface area contributed by atoms with E-state index < -0.39 is 5.60 Å². The third kappa shape index (κ3) is 4.30. The highest BCUT2D eigenvalue weighted by atomic mass is 32.1. The lowest BCUT2D eigenvalue weighted by atomic mass is 9.98. The van der Waals surface area contributed by atoms with Gasteiger partial charge in [0.05, 0.1) is 16.3 Å². The van der Waals surface area contributed by atoms with Crippen molar-refractivity contribution < 1.29 is 9.53 Å². The van der Waals surface area contributed by atoms with E-state index in [1.807, 2.05) is 50.6 Å². The number of aromatic nitrogens is 4. The number of nitrogens with zero attached hydrogens (tertiary/aromatic N) is 6. The average Bonchev–Trinajstić information content (AvgIpc) is 3.43. The number of aryl methyl sites for hydroxylation is 1. The summed E-state index contributed by atoms with van der Waals surface area (Å²) < 4.78 is 7.38. The van der Waals surface area contributed by atoms with Crippen LogP contribution < -0.4 is 0 Å². The van der Waals surface area contributed by atoms with Crippen molar-refractivity contribution in [2.45, 2.75) is 52.1 Å². The fraction of sp³-hybridized carbons (Fsp3) is 0.435. The molecule has 0 atom stereocenters. The molecule has 5 rings (SSSR count). The Kier molecular flexibility index (Phi) is 5.34. The van der Waals surface area contributed by atoms with Gasteiger partial charge in [0.1, 0.15) is 16.7 Å². The standard InChI is InChI=1S/C23H24N6O2S2/c1-13-11-29-12-16(9-15(10-24)17(29)25-13)19-27-21-20(33-19)26-18(32-21)14-5-7-28(8-6-14)22(30)31-23(2,3)4/h9,11-12,14H,5-8H2,1-4H3. The Labute approximate surface area is 199 Å². The molecule has 170 valence electrons. The van der Waals surface area contributed by atoms with Crippen LogP contribution >= 0.6 is 22.7 Å². The second kappa shape index (κ2) is 8.08. The van der Waals surface area contributed by atoms with Crippen molar-refractivity contribution in [1.29, 1.82) is 5.26 Å². The number of imidazole rings is 1. The van der Waals surface area contributed by atoms with Gasteiger partial charge in [-0.25, -0.2) is 19.7 Å². The van der Waals surface area contributed by atoms with E-state index >= 15 is 0 Å². The molecule has 0 spiro atoms. The zero-order chi connectivity index (χ0) is 23.3. The smallest absolute Gasteiger partial charge is 0.410 e. The third-order valence-electron chi connectivity index (χ3n) is 5.53. The Morgan fingerprint density at radius 2 is 1.88 bits per heavy atom. The first kappa shape index (κ1) is 21.8. The highest BCUT2D eigenvalue weighted by Crippen LogP contribution is 2.38. The lowest BCUT2D eigenvalue weighted by Crippen LogP contribution is -2.41. The van der Waals surface area contributed by atoms with Crippen LogP contribution in [0.3, 0.4) is 0 Å². The van der Waals surface area contributed by atoms with Gasteiger partial charge in [0.25, 0.3) is 0 Å². The summed E-state index contributed by atoms with van der Waals surface area (Å²) in [6, 6.07) is 4.09. The van der Waals surface area contributed by atoms with Crippen LogP contribution in [0.15, 0.2) is 18.5 Å². The highest BCUT2D eigenvalue weighted by molar-refractivity contribution is 7.28. The summed E-state index contributed by atoms with van der Waals surface area (Å²) in [5.41, 5.74) is 2.47. The van der Waals surface area contributed by atoms with E-state index in [1.165, 1.54) is 0 Å². The van der Waals surface area contributed by atoms with Gasteiger partial charge in [0, 0.05) is 37.0 Å². The van der Waals surface area contributed by atoms with E-state index in [4.69, 9.17) is 14.7 Å². The lowest BCUT2D eigenvalue weighted by molar-refractivity contribution is 0.0205. The fourth-order valence-electron chi connectivity index (χ4n) is 4.01. The number of ether oxygens (including phenoxy) is 1. The molecule has 0 aliphatic carbocycles. The lowest BCUT2D eigenvalue weighted by Gasteiger charge is -2.32. The van der Waals surface area contributed by atoms with E-state index in [1.54, 1.807) is 27.6 Å². The average molecular weight is 481 g/mol. The zero-order valence-corrected chi connectivity index (χ0v) is 20.6. The number of piperidine rings is 1. The topological polar surface area (TPSA) is 96.4 Å². The zero-order valence-electron chi connectivity index (χ0n) is 19.0. The van der Waals surface area contributed by atoms with Crippen LogP contribution in [-0.2, 0) is 4.74 Å². The third-order valence-corrected chi connectivity index (χ3v) is 7.77. The molecule has 33 heavy (non-hydrogen) atoms. The monoisotopic (exact) mass is 480 g/mol. The Morgan fingerprint density at radius 3 is 2.55 bits per heavy atom. The first-order chi connectivity index (χ1) is 15.7. The minimum atomic E-state index is -0.480.